The van der Waals surface area contributed by atoms with Gasteiger partial charge in [-0.15, -0.1) is 0 Å². The Morgan fingerprint density at radius 1 is 0.853 bits per heavy atom. The van der Waals surface area contributed by atoms with E-state index in [0.717, 1.165) is 12.8 Å². The Morgan fingerprint density at radius 2 is 1.47 bits per heavy atom. The number of aliphatic hydroxyl groups is 7. The minimum atomic E-state index is -1.26. The third kappa shape index (κ3) is 3.80. The molecule has 4 fully saturated rings. The molecule has 0 heterocycles. The molecule has 4 rings (SSSR count). The molecule has 4 saturated carbocycles. The van der Waals surface area contributed by atoms with Gasteiger partial charge in [-0.25, -0.2) is 0 Å². The van der Waals surface area contributed by atoms with E-state index in [4.69, 9.17) is 0 Å². The SMILES string of the molecule is CC(C)[C@H](O)[C@H](O)C[C@@H](C)[C@H]1C[C@@H](O)[C@@H]2[C@]1(C)CC[C@H]1[C@@]2(O)CC(O)C2[C@@H](O)[C@@H](O)CC[C@@]21C. The average molecular weight is 485 g/mol. The summed E-state index contributed by atoms with van der Waals surface area (Å²) in [7, 11) is 0. The Labute approximate surface area is 204 Å². The minimum Gasteiger partial charge on any atom is -0.393 e. The number of fused-ring (bicyclic) bond motifs is 5. The summed E-state index contributed by atoms with van der Waals surface area (Å²) < 4.78 is 0. The van der Waals surface area contributed by atoms with Gasteiger partial charge in [-0.1, -0.05) is 34.6 Å². The van der Waals surface area contributed by atoms with E-state index in [2.05, 4.69) is 13.8 Å². The van der Waals surface area contributed by atoms with Crippen LogP contribution in [0.4, 0.5) is 0 Å². The largest absolute Gasteiger partial charge is 0.393 e. The molecule has 0 aromatic heterocycles. The lowest BCUT2D eigenvalue weighted by Gasteiger charge is -2.66. The van der Waals surface area contributed by atoms with E-state index in [1.165, 1.54) is 0 Å². The summed E-state index contributed by atoms with van der Waals surface area (Å²) in [5.74, 6) is -0.991. The third-order valence-electron chi connectivity index (χ3n) is 11.2. The predicted molar refractivity (Wildman–Crippen MR) is 127 cm³/mol. The first-order valence-corrected chi connectivity index (χ1v) is 13.5. The van der Waals surface area contributed by atoms with E-state index in [0.29, 0.717) is 25.7 Å². The van der Waals surface area contributed by atoms with Crippen molar-refractivity contribution in [1.29, 1.82) is 0 Å². The fourth-order valence-electron chi connectivity index (χ4n) is 9.65. The molecule has 2 unspecified atom stereocenters. The van der Waals surface area contributed by atoms with Gasteiger partial charge in [0.25, 0.3) is 0 Å². The van der Waals surface area contributed by atoms with Crippen LogP contribution in [0.5, 0.6) is 0 Å². The molecule has 0 amide bonds. The maximum Gasteiger partial charge on any atom is 0.0857 e. The van der Waals surface area contributed by atoms with Gasteiger partial charge < -0.3 is 35.7 Å². The highest BCUT2D eigenvalue weighted by atomic mass is 16.3. The van der Waals surface area contributed by atoms with Gasteiger partial charge in [-0.3, -0.25) is 0 Å². The predicted octanol–water partition coefficient (Wildman–Crippen LogP) is 1.44. The van der Waals surface area contributed by atoms with Crippen molar-refractivity contribution in [2.45, 2.75) is 122 Å². The molecule has 7 nitrogen and oxygen atoms in total. The van der Waals surface area contributed by atoms with E-state index in [-0.39, 0.29) is 35.5 Å². The van der Waals surface area contributed by atoms with Gasteiger partial charge in [0.15, 0.2) is 0 Å². The molecule has 34 heavy (non-hydrogen) atoms. The van der Waals surface area contributed by atoms with Gasteiger partial charge in [0.05, 0.1) is 42.2 Å². The van der Waals surface area contributed by atoms with Crippen molar-refractivity contribution >= 4 is 0 Å². The molecule has 4 aliphatic carbocycles. The number of hydrogen-bond donors (Lipinski definition) is 7. The van der Waals surface area contributed by atoms with Crippen LogP contribution in [0.3, 0.4) is 0 Å². The van der Waals surface area contributed by atoms with Gasteiger partial charge >= 0.3 is 0 Å². The maximum absolute atomic E-state index is 12.3. The van der Waals surface area contributed by atoms with Crippen molar-refractivity contribution in [3.05, 3.63) is 0 Å². The Balaban J connectivity index is 1.62. The highest BCUT2D eigenvalue weighted by Crippen LogP contribution is 2.69. The molecule has 198 valence electrons. The molecule has 0 radical (unpaired) electrons. The van der Waals surface area contributed by atoms with E-state index in [1.54, 1.807) is 0 Å². The summed E-state index contributed by atoms with van der Waals surface area (Å²) in [6.07, 6.45) is -1.50. The highest BCUT2D eigenvalue weighted by molar-refractivity contribution is 5.21. The summed E-state index contributed by atoms with van der Waals surface area (Å²) in [6, 6.07) is 0. The standard InChI is InChI=1S/C27H48O7/c1-13(2)22(32)17(29)10-14(3)15-11-18(30)24-25(15,4)9-7-20-26(5)8-6-16(28)23(33)21(26)19(31)12-27(20,24)34/h13-24,28-34H,6-12H2,1-5H3/t14-,15-,16+,17-,18-,19?,20-,21?,22+,23+,24-,25-,26-,27+/m1/s1. The fourth-order valence-corrected chi connectivity index (χ4v) is 9.65. The Bertz CT molecular complexity index is 746. The lowest BCUT2D eigenvalue weighted by molar-refractivity contribution is -0.280. The molecule has 0 aliphatic heterocycles. The van der Waals surface area contributed by atoms with Crippen LogP contribution >= 0.6 is 0 Å². The van der Waals surface area contributed by atoms with Crippen molar-refractivity contribution in [1.82, 2.24) is 0 Å². The monoisotopic (exact) mass is 484 g/mol. The second-order valence-corrected chi connectivity index (χ2v) is 13.4. The summed E-state index contributed by atoms with van der Waals surface area (Å²) in [6.45, 7) is 10.0. The molecule has 4 aliphatic rings. The summed E-state index contributed by atoms with van der Waals surface area (Å²) in [5, 5.41) is 76.9. The zero-order valence-corrected chi connectivity index (χ0v) is 21.5. The minimum absolute atomic E-state index is 0.0439. The second kappa shape index (κ2) is 8.93. The first kappa shape index (κ1) is 26.8. The van der Waals surface area contributed by atoms with Gasteiger partial charge in [0, 0.05) is 18.3 Å². The normalized spacial score (nSPS) is 53.6. The van der Waals surface area contributed by atoms with Crippen molar-refractivity contribution in [2.75, 3.05) is 0 Å². The van der Waals surface area contributed by atoms with Crippen LogP contribution < -0.4 is 0 Å². The lowest BCUT2D eigenvalue weighted by Crippen LogP contribution is -2.70. The molecule has 0 aromatic carbocycles. The van der Waals surface area contributed by atoms with Gasteiger partial charge in [-0.2, -0.15) is 0 Å². The Hall–Kier alpha value is -0.280. The van der Waals surface area contributed by atoms with Crippen LogP contribution in [0.15, 0.2) is 0 Å². The Morgan fingerprint density at radius 3 is 2.09 bits per heavy atom. The van der Waals surface area contributed by atoms with E-state index >= 15 is 0 Å². The summed E-state index contributed by atoms with van der Waals surface area (Å²) in [5.41, 5.74) is -2.14. The van der Waals surface area contributed by atoms with Crippen LogP contribution in [-0.2, 0) is 0 Å². The molecule has 7 heteroatoms. The van der Waals surface area contributed by atoms with E-state index in [1.807, 2.05) is 20.8 Å². The van der Waals surface area contributed by atoms with Crippen molar-refractivity contribution < 1.29 is 35.7 Å². The topological polar surface area (TPSA) is 142 Å². The molecule has 0 bridgehead atoms. The molecule has 14 atom stereocenters. The molecule has 0 spiro atoms. The molecule has 0 saturated heterocycles. The zero-order valence-electron chi connectivity index (χ0n) is 21.5. The van der Waals surface area contributed by atoms with E-state index in [9.17, 15) is 35.7 Å². The van der Waals surface area contributed by atoms with Crippen LogP contribution in [0, 0.1) is 46.3 Å². The summed E-state index contributed by atoms with van der Waals surface area (Å²) in [4.78, 5) is 0. The first-order chi connectivity index (χ1) is 15.7. The van der Waals surface area contributed by atoms with E-state index < -0.39 is 59.5 Å². The quantitative estimate of drug-likeness (QED) is 0.313. The van der Waals surface area contributed by atoms with Gasteiger partial charge in [0.1, 0.15) is 0 Å². The molecular weight excluding hydrogens is 436 g/mol. The molecule has 0 aromatic rings. The number of rotatable bonds is 5. The summed E-state index contributed by atoms with van der Waals surface area (Å²) >= 11 is 0. The smallest absolute Gasteiger partial charge is 0.0857 e. The van der Waals surface area contributed by atoms with Crippen molar-refractivity contribution in [3.8, 4) is 0 Å². The number of hydrogen-bond acceptors (Lipinski definition) is 7. The second-order valence-electron chi connectivity index (χ2n) is 13.4. The fraction of sp³-hybridized carbons (Fsp3) is 1.00. The van der Waals surface area contributed by atoms with Crippen LogP contribution in [-0.4, -0.2) is 78.0 Å². The Kier molecular flexibility index (Phi) is 7.03. The molecule has 7 N–H and O–H groups in total. The van der Waals surface area contributed by atoms with Gasteiger partial charge in [0.2, 0.25) is 0 Å². The molecular formula is C27H48O7. The first-order valence-electron chi connectivity index (χ1n) is 13.5. The van der Waals surface area contributed by atoms with Crippen molar-refractivity contribution in [2.24, 2.45) is 46.3 Å². The van der Waals surface area contributed by atoms with Crippen LogP contribution in [0.1, 0.15) is 79.6 Å². The highest BCUT2D eigenvalue weighted by Gasteiger charge is 2.71. The van der Waals surface area contributed by atoms with Crippen LogP contribution in [0.2, 0.25) is 0 Å². The lowest BCUT2D eigenvalue weighted by atomic mass is 9.41. The average Bonchev–Trinajstić information content (AvgIpc) is 3.01. The zero-order chi connectivity index (χ0) is 25.4. The maximum atomic E-state index is 12.3. The third-order valence-corrected chi connectivity index (χ3v) is 11.2. The van der Waals surface area contributed by atoms with Crippen molar-refractivity contribution in [3.63, 3.8) is 0 Å². The van der Waals surface area contributed by atoms with Crippen LogP contribution in [0.25, 0.3) is 0 Å². The van der Waals surface area contributed by atoms with Gasteiger partial charge in [-0.05, 0) is 73.0 Å². The number of aliphatic hydroxyl groups excluding tert-OH is 6.